The Morgan fingerprint density at radius 3 is 2.12 bits per heavy atom. The van der Waals surface area contributed by atoms with Crippen molar-refractivity contribution in [2.24, 2.45) is 11.1 Å². The summed E-state index contributed by atoms with van der Waals surface area (Å²) in [6.45, 7) is 12.2. The van der Waals surface area contributed by atoms with Gasteiger partial charge in [0.25, 0.3) is 0 Å². The monoisotopic (exact) mass is 244 g/mol. The number of nitrogens with two attached hydrogens (primary N) is 1. The molecule has 0 aromatic carbocycles. The molecule has 0 aliphatic heterocycles. The second-order valence-corrected chi connectivity index (χ2v) is 6.38. The second kappa shape index (κ2) is 5.97. The highest BCUT2D eigenvalue weighted by Gasteiger charge is 2.23. The van der Waals surface area contributed by atoms with Gasteiger partial charge < -0.3 is 10.6 Å². The molecule has 0 rings (SSSR count). The molecule has 0 saturated carbocycles. The van der Waals surface area contributed by atoms with Gasteiger partial charge in [0, 0.05) is 11.0 Å². The van der Waals surface area contributed by atoms with E-state index < -0.39 is 0 Å². The minimum atomic E-state index is -0.00741. The van der Waals surface area contributed by atoms with E-state index in [1.807, 2.05) is 0 Å². The lowest BCUT2D eigenvalue weighted by Crippen LogP contribution is -2.41. The van der Waals surface area contributed by atoms with E-state index in [0.717, 1.165) is 19.4 Å². The first kappa shape index (κ1) is 15.9. The minimum absolute atomic E-state index is 0.00741. The van der Waals surface area contributed by atoms with E-state index >= 15 is 0 Å². The Balaban J connectivity index is 4.05. The van der Waals surface area contributed by atoms with Crippen LogP contribution in [-0.2, 0) is 0 Å². The number of nitrogens with zero attached hydrogens (tertiary/aromatic N) is 1. The third-order valence-corrected chi connectivity index (χ3v) is 4.41. The molecule has 2 N–H and O–H groups in total. The Kier molecular flexibility index (Phi) is 5.91. The molecule has 2 nitrogen and oxygen atoms in total. The fourth-order valence-corrected chi connectivity index (χ4v) is 1.56. The lowest BCUT2D eigenvalue weighted by Gasteiger charge is -2.35. The van der Waals surface area contributed by atoms with Crippen LogP contribution in [-0.4, -0.2) is 29.0 Å². The maximum atomic E-state index is 5.72. The molecule has 0 fully saturated rings. The van der Waals surface area contributed by atoms with Crippen molar-refractivity contribution in [1.82, 2.24) is 4.90 Å². The molecule has 0 aromatic rings. The van der Waals surface area contributed by atoms with Crippen LogP contribution in [0.1, 0.15) is 53.9 Å². The molecule has 0 radical (unpaired) electrons. The van der Waals surface area contributed by atoms with Crippen molar-refractivity contribution in [3.05, 3.63) is 0 Å². The summed E-state index contributed by atoms with van der Waals surface area (Å²) in [5, 5.41) is 0. The van der Waals surface area contributed by atoms with E-state index in [-0.39, 0.29) is 11.0 Å². The highest BCUT2D eigenvalue weighted by Crippen LogP contribution is 2.24. The summed E-state index contributed by atoms with van der Waals surface area (Å²) in [5.41, 5.74) is 5.99. The zero-order valence-corrected chi connectivity index (χ0v) is 12.6. The Morgan fingerprint density at radius 1 is 1.25 bits per heavy atom. The molecule has 0 unspecified atom stereocenters. The zero-order chi connectivity index (χ0) is 13.0. The molecule has 0 aromatic heterocycles. The molecule has 3 heteroatoms. The number of thiocarbonyl (C=S) groups is 1. The van der Waals surface area contributed by atoms with Crippen LogP contribution in [0, 0.1) is 5.41 Å². The molecule has 0 spiro atoms. The van der Waals surface area contributed by atoms with Crippen LogP contribution in [0.5, 0.6) is 0 Å². The van der Waals surface area contributed by atoms with Crippen molar-refractivity contribution in [3.63, 3.8) is 0 Å². The van der Waals surface area contributed by atoms with Crippen molar-refractivity contribution in [2.45, 2.75) is 59.4 Å². The SMILES string of the molecule is CCC(C)(C)N(C)CCCC(C)(C)C(N)=S. The molecule has 16 heavy (non-hydrogen) atoms. The van der Waals surface area contributed by atoms with Gasteiger partial charge in [-0.2, -0.15) is 0 Å². The molecule has 96 valence electrons. The predicted molar refractivity (Wildman–Crippen MR) is 76.8 cm³/mol. The summed E-state index contributed by atoms with van der Waals surface area (Å²) < 4.78 is 0. The van der Waals surface area contributed by atoms with Gasteiger partial charge in [-0.1, -0.05) is 33.0 Å². The first-order chi connectivity index (χ1) is 7.13. The standard InChI is InChI=1S/C13H28N2S/c1-7-13(4,5)15(6)10-8-9-12(2,3)11(14)16/h7-10H2,1-6H3,(H2,14,16). The number of rotatable bonds is 7. The molecule has 0 aliphatic rings. The van der Waals surface area contributed by atoms with Gasteiger partial charge >= 0.3 is 0 Å². The first-order valence-corrected chi connectivity index (χ1v) is 6.55. The molecule has 0 heterocycles. The average Bonchev–Trinajstić information content (AvgIpc) is 2.17. The van der Waals surface area contributed by atoms with E-state index in [4.69, 9.17) is 18.0 Å². The Hall–Kier alpha value is -0.150. The fourth-order valence-electron chi connectivity index (χ4n) is 1.45. The summed E-state index contributed by atoms with van der Waals surface area (Å²) in [4.78, 5) is 3.05. The minimum Gasteiger partial charge on any atom is -0.393 e. The smallest absolute Gasteiger partial charge is 0.0784 e. The lowest BCUT2D eigenvalue weighted by atomic mass is 9.87. The molecular formula is C13H28N2S. The van der Waals surface area contributed by atoms with E-state index in [2.05, 4.69) is 46.6 Å². The van der Waals surface area contributed by atoms with Gasteiger partial charge in [-0.3, -0.25) is 0 Å². The van der Waals surface area contributed by atoms with Gasteiger partial charge in [0.05, 0.1) is 4.99 Å². The molecule has 0 bridgehead atoms. The topological polar surface area (TPSA) is 29.3 Å². The van der Waals surface area contributed by atoms with E-state index in [1.165, 1.54) is 6.42 Å². The zero-order valence-electron chi connectivity index (χ0n) is 11.8. The van der Waals surface area contributed by atoms with Crippen molar-refractivity contribution in [3.8, 4) is 0 Å². The summed E-state index contributed by atoms with van der Waals surface area (Å²) in [5.74, 6) is 0. The van der Waals surface area contributed by atoms with Gasteiger partial charge in [0.15, 0.2) is 0 Å². The number of hydrogen-bond donors (Lipinski definition) is 1. The highest BCUT2D eigenvalue weighted by molar-refractivity contribution is 7.80. The van der Waals surface area contributed by atoms with Crippen molar-refractivity contribution in [2.75, 3.05) is 13.6 Å². The average molecular weight is 244 g/mol. The van der Waals surface area contributed by atoms with Crippen LogP contribution in [0.4, 0.5) is 0 Å². The van der Waals surface area contributed by atoms with Crippen LogP contribution in [0.3, 0.4) is 0 Å². The van der Waals surface area contributed by atoms with Crippen molar-refractivity contribution in [1.29, 1.82) is 0 Å². The van der Waals surface area contributed by atoms with Crippen LogP contribution >= 0.6 is 12.2 Å². The lowest BCUT2D eigenvalue weighted by molar-refractivity contribution is 0.145. The van der Waals surface area contributed by atoms with Gasteiger partial charge in [-0.15, -0.1) is 0 Å². The van der Waals surface area contributed by atoms with E-state index in [1.54, 1.807) is 0 Å². The Labute approximate surface area is 107 Å². The van der Waals surface area contributed by atoms with Gasteiger partial charge in [-0.25, -0.2) is 0 Å². The van der Waals surface area contributed by atoms with Crippen molar-refractivity contribution < 1.29 is 0 Å². The van der Waals surface area contributed by atoms with Crippen LogP contribution < -0.4 is 5.73 Å². The van der Waals surface area contributed by atoms with Crippen LogP contribution in [0.2, 0.25) is 0 Å². The van der Waals surface area contributed by atoms with Crippen LogP contribution in [0.15, 0.2) is 0 Å². The van der Waals surface area contributed by atoms with Gasteiger partial charge in [0.2, 0.25) is 0 Å². The largest absolute Gasteiger partial charge is 0.393 e. The summed E-state index contributed by atoms with van der Waals surface area (Å²) >= 11 is 5.07. The predicted octanol–water partition coefficient (Wildman–Crippen LogP) is 3.20. The maximum Gasteiger partial charge on any atom is 0.0784 e. The summed E-state index contributed by atoms with van der Waals surface area (Å²) in [6, 6.07) is 0. The molecular weight excluding hydrogens is 216 g/mol. The van der Waals surface area contributed by atoms with Crippen LogP contribution in [0.25, 0.3) is 0 Å². The molecule has 0 atom stereocenters. The summed E-state index contributed by atoms with van der Waals surface area (Å²) in [7, 11) is 2.19. The molecule has 0 saturated heterocycles. The van der Waals surface area contributed by atoms with Gasteiger partial charge in [0.1, 0.15) is 0 Å². The normalized spacial score (nSPS) is 13.2. The fraction of sp³-hybridized carbons (Fsp3) is 0.923. The quantitative estimate of drug-likeness (QED) is 0.697. The molecule has 0 aliphatic carbocycles. The molecule has 0 amide bonds. The van der Waals surface area contributed by atoms with Gasteiger partial charge in [-0.05, 0) is 46.7 Å². The highest BCUT2D eigenvalue weighted by atomic mass is 32.1. The maximum absolute atomic E-state index is 5.72. The Bertz CT molecular complexity index is 234. The second-order valence-electron chi connectivity index (χ2n) is 5.94. The number of hydrogen-bond acceptors (Lipinski definition) is 2. The van der Waals surface area contributed by atoms with E-state index in [0.29, 0.717) is 4.99 Å². The third-order valence-electron chi connectivity index (χ3n) is 3.86. The first-order valence-electron chi connectivity index (χ1n) is 6.14. The third kappa shape index (κ3) is 4.79. The summed E-state index contributed by atoms with van der Waals surface area (Å²) in [6.07, 6.45) is 3.37. The van der Waals surface area contributed by atoms with Crippen molar-refractivity contribution >= 4 is 17.2 Å². The Morgan fingerprint density at radius 2 is 1.75 bits per heavy atom. The van der Waals surface area contributed by atoms with E-state index in [9.17, 15) is 0 Å².